The zero-order valence-electron chi connectivity index (χ0n) is 18.2. The fraction of sp³-hybridized carbons (Fsp3) is 0.385. The molecule has 0 spiro atoms. The second kappa shape index (κ2) is 10.4. The van der Waals surface area contributed by atoms with E-state index in [1.165, 1.54) is 11.1 Å². The molecule has 5 heteroatoms. The number of aromatic nitrogens is 1. The maximum atomic E-state index is 12.4. The van der Waals surface area contributed by atoms with Crippen molar-refractivity contribution in [2.24, 2.45) is 0 Å². The van der Waals surface area contributed by atoms with E-state index >= 15 is 0 Å². The molecule has 162 valence electrons. The molecule has 0 saturated carbocycles. The Hall–Kier alpha value is -2.92. The number of nitrogens with one attached hydrogen (secondary N) is 1. The number of likely N-dealkylation sites (tertiary alicyclic amines) is 1. The number of hydrogen-bond donors (Lipinski definition) is 1. The highest BCUT2D eigenvalue weighted by atomic mass is 16.4. The third kappa shape index (κ3) is 6.28. The normalized spacial score (nSPS) is 15.1. The van der Waals surface area contributed by atoms with Crippen LogP contribution in [0.3, 0.4) is 0 Å². The van der Waals surface area contributed by atoms with Gasteiger partial charge in [0.1, 0.15) is 0 Å². The molecule has 4 rings (SSSR count). The van der Waals surface area contributed by atoms with E-state index < -0.39 is 0 Å². The van der Waals surface area contributed by atoms with Crippen LogP contribution in [0, 0.1) is 6.92 Å². The van der Waals surface area contributed by atoms with E-state index in [9.17, 15) is 4.79 Å². The molecule has 31 heavy (non-hydrogen) atoms. The summed E-state index contributed by atoms with van der Waals surface area (Å²) < 4.78 is 5.82. The highest BCUT2D eigenvalue weighted by Crippen LogP contribution is 2.20. The zero-order chi connectivity index (χ0) is 21.5. The molecule has 3 aromatic rings. The lowest BCUT2D eigenvalue weighted by Gasteiger charge is -2.32. The predicted octanol–water partition coefficient (Wildman–Crippen LogP) is 4.75. The van der Waals surface area contributed by atoms with E-state index in [2.05, 4.69) is 46.4 Å². The lowest BCUT2D eigenvalue weighted by Crippen LogP contribution is -2.44. The van der Waals surface area contributed by atoms with E-state index in [1.54, 1.807) is 6.20 Å². The molecule has 1 N–H and O–H groups in total. The standard InChI is InChI=1S/C26H31N3O2/c1-20-7-5-8-21(17-20)19-29-15-13-23(14-16-29)28-25(30)11-6-12-26-27-18-24(31-26)22-9-3-2-4-10-22/h2-5,7-10,17-18,23H,6,11-16,19H2,1H3,(H,28,30). The van der Waals surface area contributed by atoms with E-state index in [4.69, 9.17) is 4.42 Å². The van der Waals surface area contributed by atoms with Crippen LogP contribution < -0.4 is 5.32 Å². The van der Waals surface area contributed by atoms with Crippen molar-refractivity contribution >= 4 is 5.91 Å². The number of oxazole rings is 1. The molecule has 1 aliphatic rings. The first kappa shape index (κ1) is 21.3. The third-order valence-electron chi connectivity index (χ3n) is 5.85. The van der Waals surface area contributed by atoms with Crippen LogP contribution in [0.1, 0.15) is 42.7 Å². The SMILES string of the molecule is Cc1cccc(CN2CCC(NC(=O)CCCc3ncc(-c4ccccc4)o3)CC2)c1. The highest BCUT2D eigenvalue weighted by molar-refractivity contribution is 5.76. The van der Waals surface area contributed by atoms with Crippen molar-refractivity contribution in [1.82, 2.24) is 15.2 Å². The summed E-state index contributed by atoms with van der Waals surface area (Å²) in [5.74, 6) is 1.60. The maximum Gasteiger partial charge on any atom is 0.220 e. The van der Waals surface area contributed by atoms with Crippen molar-refractivity contribution in [2.45, 2.75) is 51.6 Å². The molecular formula is C26H31N3O2. The van der Waals surface area contributed by atoms with Gasteiger partial charge in [0, 0.05) is 44.1 Å². The summed E-state index contributed by atoms with van der Waals surface area (Å²) in [5.41, 5.74) is 3.69. The fourth-order valence-electron chi connectivity index (χ4n) is 4.17. The van der Waals surface area contributed by atoms with Crippen LogP contribution in [-0.4, -0.2) is 34.9 Å². The minimum Gasteiger partial charge on any atom is -0.441 e. The molecule has 5 nitrogen and oxygen atoms in total. The minimum atomic E-state index is 0.131. The van der Waals surface area contributed by atoms with Gasteiger partial charge in [-0.05, 0) is 31.7 Å². The van der Waals surface area contributed by atoms with E-state index in [1.807, 2.05) is 30.3 Å². The quantitative estimate of drug-likeness (QED) is 0.574. The van der Waals surface area contributed by atoms with E-state index in [-0.39, 0.29) is 11.9 Å². The zero-order valence-corrected chi connectivity index (χ0v) is 18.2. The second-order valence-corrected chi connectivity index (χ2v) is 8.44. The Bertz CT molecular complexity index is 975. The topological polar surface area (TPSA) is 58.4 Å². The van der Waals surface area contributed by atoms with Crippen molar-refractivity contribution < 1.29 is 9.21 Å². The van der Waals surface area contributed by atoms with Gasteiger partial charge in [-0.25, -0.2) is 4.98 Å². The largest absolute Gasteiger partial charge is 0.441 e. The van der Waals surface area contributed by atoms with Gasteiger partial charge in [-0.2, -0.15) is 0 Å². The van der Waals surface area contributed by atoms with Crippen molar-refractivity contribution in [3.63, 3.8) is 0 Å². The average Bonchev–Trinajstić information content (AvgIpc) is 3.25. The van der Waals surface area contributed by atoms with Crippen molar-refractivity contribution in [2.75, 3.05) is 13.1 Å². The van der Waals surface area contributed by atoms with Gasteiger partial charge in [0.2, 0.25) is 5.91 Å². The summed E-state index contributed by atoms with van der Waals surface area (Å²) in [6, 6.07) is 18.9. The number of aryl methyl sites for hydroxylation is 2. The molecule has 0 bridgehead atoms. The number of amides is 1. The van der Waals surface area contributed by atoms with Crippen LogP contribution in [-0.2, 0) is 17.8 Å². The number of carbonyl (C=O) groups is 1. The van der Waals surface area contributed by atoms with Gasteiger partial charge < -0.3 is 9.73 Å². The number of rotatable bonds is 8. The first-order valence-corrected chi connectivity index (χ1v) is 11.2. The summed E-state index contributed by atoms with van der Waals surface area (Å²) in [5, 5.41) is 3.21. The molecule has 0 radical (unpaired) electrons. The summed E-state index contributed by atoms with van der Waals surface area (Å²) >= 11 is 0. The molecule has 1 fully saturated rings. The first-order valence-electron chi connectivity index (χ1n) is 11.2. The number of benzene rings is 2. The highest BCUT2D eigenvalue weighted by Gasteiger charge is 2.20. The Morgan fingerprint density at radius 2 is 1.94 bits per heavy atom. The van der Waals surface area contributed by atoms with Crippen LogP contribution in [0.2, 0.25) is 0 Å². The van der Waals surface area contributed by atoms with Gasteiger partial charge in [-0.15, -0.1) is 0 Å². The second-order valence-electron chi connectivity index (χ2n) is 8.44. The molecule has 0 atom stereocenters. The third-order valence-corrected chi connectivity index (χ3v) is 5.85. The molecule has 1 aromatic heterocycles. The van der Waals surface area contributed by atoms with Crippen LogP contribution in [0.15, 0.2) is 65.2 Å². The van der Waals surface area contributed by atoms with Crippen LogP contribution in [0.4, 0.5) is 0 Å². The first-order chi connectivity index (χ1) is 15.2. The van der Waals surface area contributed by atoms with Gasteiger partial charge in [0.05, 0.1) is 6.20 Å². The number of hydrogen-bond acceptors (Lipinski definition) is 4. The van der Waals surface area contributed by atoms with Crippen LogP contribution >= 0.6 is 0 Å². The molecule has 0 aliphatic carbocycles. The number of carbonyl (C=O) groups excluding carboxylic acids is 1. The van der Waals surface area contributed by atoms with E-state index in [0.717, 1.165) is 50.2 Å². The Morgan fingerprint density at radius 1 is 1.13 bits per heavy atom. The number of nitrogens with zero attached hydrogens (tertiary/aromatic N) is 2. The summed E-state index contributed by atoms with van der Waals surface area (Å²) in [6.07, 6.45) is 5.71. The van der Waals surface area contributed by atoms with Crippen molar-refractivity contribution in [1.29, 1.82) is 0 Å². The Labute approximate surface area is 184 Å². The van der Waals surface area contributed by atoms with Gasteiger partial charge in [-0.1, -0.05) is 60.2 Å². The molecule has 0 unspecified atom stereocenters. The minimum absolute atomic E-state index is 0.131. The van der Waals surface area contributed by atoms with Crippen LogP contribution in [0.5, 0.6) is 0 Å². The van der Waals surface area contributed by atoms with Gasteiger partial charge in [-0.3, -0.25) is 9.69 Å². The lowest BCUT2D eigenvalue weighted by molar-refractivity contribution is -0.122. The fourth-order valence-corrected chi connectivity index (χ4v) is 4.17. The monoisotopic (exact) mass is 417 g/mol. The van der Waals surface area contributed by atoms with E-state index in [0.29, 0.717) is 18.7 Å². The smallest absolute Gasteiger partial charge is 0.220 e. The summed E-state index contributed by atoms with van der Waals surface area (Å²) in [4.78, 5) is 19.2. The molecule has 1 amide bonds. The molecule has 1 aliphatic heterocycles. The average molecular weight is 418 g/mol. The van der Waals surface area contributed by atoms with Crippen molar-refractivity contribution in [3.05, 3.63) is 77.8 Å². The lowest BCUT2D eigenvalue weighted by atomic mass is 10.0. The predicted molar refractivity (Wildman–Crippen MR) is 122 cm³/mol. The molecule has 1 saturated heterocycles. The van der Waals surface area contributed by atoms with Gasteiger partial charge >= 0.3 is 0 Å². The Morgan fingerprint density at radius 3 is 2.71 bits per heavy atom. The molecule has 2 heterocycles. The summed E-state index contributed by atoms with van der Waals surface area (Å²) in [6.45, 7) is 5.17. The Balaban J connectivity index is 1.15. The molecule has 2 aromatic carbocycles. The summed E-state index contributed by atoms with van der Waals surface area (Å²) in [7, 11) is 0. The van der Waals surface area contributed by atoms with Crippen molar-refractivity contribution in [3.8, 4) is 11.3 Å². The van der Waals surface area contributed by atoms with Gasteiger partial charge in [0.15, 0.2) is 11.7 Å². The maximum absolute atomic E-state index is 12.4. The van der Waals surface area contributed by atoms with Crippen LogP contribution in [0.25, 0.3) is 11.3 Å². The van der Waals surface area contributed by atoms with Gasteiger partial charge in [0.25, 0.3) is 0 Å². The molecular weight excluding hydrogens is 386 g/mol. The number of piperidine rings is 1. The Kier molecular flexibility index (Phi) is 7.15.